The highest BCUT2D eigenvalue weighted by molar-refractivity contribution is 5.91. The van der Waals surface area contributed by atoms with E-state index in [9.17, 15) is 14.4 Å². The number of rotatable bonds is 5. The summed E-state index contributed by atoms with van der Waals surface area (Å²) in [5.74, 6) is -2.21. The smallest absolute Gasteiger partial charge is 0.243 e. The topological polar surface area (TPSA) is 130 Å². The predicted molar refractivity (Wildman–Crippen MR) is 54.4 cm³/mol. The molecule has 0 atom stereocenters. The van der Waals surface area contributed by atoms with E-state index in [2.05, 4.69) is 0 Å². The van der Waals surface area contributed by atoms with Crippen LogP contribution < -0.4 is 11.5 Å². The molecular formula is C9H14N4O3. The van der Waals surface area contributed by atoms with Crippen molar-refractivity contribution in [3.8, 4) is 6.07 Å². The van der Waals surface area contributed by atoms with Crippen molar-refractivity contribution >= 4 is 17.7 Å². The fourth-order valence-electron chi connectivity index (χ4n) is 1.02. The van der Waals surface area contributed by atoms with Crippen molar-refractivity contribution in [2.45, 2.75) is 13.8 Å². The van der Waals surface area contributed by atoms with E-state index in [0.717, 1.165) is 4.90 Å². The van der Waals surface area contributed by atoms with Crippen molar-refractivity contribution in [2.75, 3.05) is 13.1 Å². The molecule has 0 heterocycles. The van der Waals surface area contributed by atoms with E-state index >= 15 is 0 Å². The van der Waals surface area contributed by atoms with Crippen molar-refractivity contribution < 1.29 is 14.4 Å². The number of carbonyl (C=O) groups excluding carboxylic acids is 3. The number of primary amides is 2. The maximum absolute atomic E-state index is 11.8. The molecule has 0 aliphatic rings. The molecule has 7 heteroatoms. The summed E-state index contributed by atoms with van der Waals surface area (Å²) in [4.78, 5) is 34.0. The number of hydrogen-bond acceptors (Lipinski definition) is 4. The Morgan fingerprint density at radius 3 is 1.81 bits per heavy atom. The third-order valence-corrected chi connectivity index (χ3v) is 1.79. The van der Waals surface area contributed by atoms with Crippen LogP contribution in [0.2, 0.25) is 0 Å². The molecule has 0 rings (SSSR count). The average molecular weight is 226 g/mol. The van der Waals surface area contributed by atoms with Crippen molar-refractivity contribution in [2.24, 2.45) is 16.9 Å². The first-order valence-corrected chi connectivity index (χ1v) is 4.48. The Balaban J connectivity index is 4.90. The van der Waals surface area contributed by atoms with Crippen molar-refractivity contribution in [1.29, 1.82) is 5.26 Å². The Bertz CT molecular complexity index is 340. The van der Waals surface area contributed by atoms with Crippen molar-refractivity contribution in [3.63, 3.8) is 0 Å². The Labute approximate surface area is 93.0 Å². The van der Waals surface area contributed by atoms with E-state index in [1.54, 1.807) is 6.07 Å². The number of carbonyl (C=O) groups is 3. The molecule has 3 amide bonds. The van der Waals surface area contributed by atoms with Gasteiger partial charge in [0, 0.05) is 0 Å². The molecule has 16 heavy (non-hydrogen) atoms. The van der Waals surface area contributed by atoms with Crippen molar-refractivity contribution in [3.05, 3.63) is 0 Å². The van der Waals surface area contributed by atoms with Gasteiger partial charge >= 0.3 is 0 Å². The third-order valence-electron chi connectivity index (χ3n) is 1.79. The van der Waals surface area contributed by atoms with Gasteiger partial charge in [0.25, 0.3) is 0 Å². The highest BCUT2D eigenvalue weighted by atomic mass is 16.2. The van der Waals surface area contributed by atoms with Crippen LogP contribution in [0.15, 0.2) is 0 Å². The highest BCUT2D eigenvalue weighted by Gasteiger charge is 2.33. The van der Waals surface area contributed by atoms with Gasteiger partial charge in [-0.05, 0) is 13.8 Å². The van der Waals surface area contributed by atoms with Gasteiger partial charge in [-0.3, -0.25) is 14.4 Å². The fourth-order valence-corrected chi connectivity index (χ4v) is 1.02. The zero-order valence-corrected chi connectivity index (χ0v) is 9.19. The SMILES string of the molecule is CC(C)(C#N)C(=O)N(CC(N)=O)CC(N)=O. The monoisotopic (exact) mass is 226 g/mol. The summed E-state index contributed by atoms with van der Waals surface area (Å²) >= 11 is 0. The maximum atomic E-state index is 11.8. The maximum Gasteiger partial charge on any atom is 0.243 e. The molecule has 0 unspecified atom stereocenters. The average Bonchev–Trinajstić information content (AvgIpc) is 2.14. The molecule has 0 fully saturated rings. The van der Waals surface area contributed by atoms with Crippen molar-refractivity contribution in [1.82, 2.24) is 4.90 Å². The van der Waals surface area contributed by atoms with Crippen LogP contribution in [-0.4, -0.2) is 35.7 Å². The van der Waals surface area contributed by atoms with Crippen LogP contribution in [0.5, 0.6) is 0 Å². The second-order valence-electron chi connectivity index (χ2n) is 3.83. The van der Waals surface area contributed by atoms with Gasteiger partial charge < -0.3 is 16.4 Å². The normalized spacial score (nSPS) is 10.3. The third kappa shape index (κ3) is 3.96. The fraction of sp³-hybridized carbons (Fsp3) is 0.556. The number of nitrogens with zero attached hydrogens (tertiary/aromatic N) is 2. The lowest BCUT2D eigenvalue weighted by atomic mass is 9.94. The first-order chi connectivity index (χ1) is 7.20. The minimum absolute atomic E-state index is 0.438. The molecule has 0 bridgehead atoms. The summed E-state index contributed by atoms with van der Waals surface area (Å²) in [6.07, 6.45) is 0. The molecule has 0 aliphatic heterocycles. The Hall–Kier alpha value is -2.10. The van der Waals surface area contributed by atoms with Gasteiger partial charge in [-0.25, -0.2) is 0 Å². The molecular weight excluding hydrogens is 212 g/mol. The van der Waals surface area contributed by atoms with E-state index in [0.29, 0.717) is 0 Å². The van der Waals surface area contributed by atoms with E-state index in [1.807, 2.05) is 0 Å². The lowest BCUT2D eigenvalue weighted by molar-refractivity contribution is -0.142. The molecule has 0 aliphatic carbocycles. The molecule has 4 N–H and O–H groups in total. The number of nitrogens with two attached hydrogens (primary N) is 2. The van der Waals surface area contributed by atoms with Crippen LogP contribution in [-0.2, 0) is 14.4 Å². The second-order valence-corrected chi connectivity index (χ2v) is 3.83. The molecule has 7 nitrogen and oxygen atoms in total. The van der Waals surface area contributed by atoms with Crippen LogP contribution in [0, 0.1) is 16.7 Å². The van der Waals surface area contributed by atoms with Crippen LogP contribution in [0.3, 0.4) is 0 Å². The van der Waals surface area contributed by atoms with Gasteiger partial charge in [-0.2, -0.15) is 5.26 Å². The molecule has 0 spiro atoms. The van der Waals surface area contributed by atoms with E-state index in [-0.39, 0.29) is 0 Å². The highest BCUT2D eigenvalue weighted by Crippen LogP contribution is 2.16. The summed E-state index contributed by atoms with van der Waals surface area (Å²) in [6.45, 7) is 1.88. The number of nitriles is 1. The van der Waals surface area contributed by atoms with Gasteiger partial charge in [0.05, 0.1) is 19.2 Å². The number of amides is 3. The first kappa shape index (κ1) is 13.9. The van der Waals surface area contributed by atoms with Gasteiger partial charge in [0.2, 0.25) is 17.7 Å². The summed E-state index contributed by atoms with van der Waals surface area (Å²) in [5.41, 5.74) is 8.52. The molecule has 0 aromatic carbocycles. The predicted octanol–water partition coefficient (Wildman–Crippen LogP) is -1.66. The Morgan fingerprint density at radius 1 is 1.19 bits per heavy atom. The standard InChI is InChI=1S/C9H14N4O3/c1-9(2,5-10)8(16)13(3-6(11)14)4-7(12)15/h3-4H2,1-2H3,(H2,11,14)(H2,12,15). The van der Waals surface area contributed by atoms with Crippen LogP contribution in [0.1, 0.15) is 13.8 Å². The Morgan fingerprint density at radius 2 is 1.56 bits per heavy atom. The first-order valence-electron chi connectivity index (χ1n) is 4.48. The molecule has 0 saturated carbocycles. The van der Waals surface area contributed by atoms with E-state index in [1.165, 1.54) is 13.8 Å². The van der Waals surface area contributed by atoms with Gasteiger partial charge in [0.1, 0.15) is 5.41 Å². The lowest BCUT2D eigenvalue weighted by Gasteiger charge is -2.25. The van der Waals surface area contributed by atoms with Gasteiger partial charge in [-0.15, -0.1) is 0 Å². The van der Waals surface area contributed by atoms with Gasteiger partial charge in [0.15, 0.2) is 0 Å². The summed E-state index contributed by atoms with van der Waals surface area (Å²) in [6, 6.07) is 1.77. The quantitative estimate of drug-likeness (QED) is 0.580. The molecule has 88 valence electrons. The van der Waals surface area contributed by atoms with E-state index < -0.39 is 36.2 Å². The minimum Gasteiger partial charge on any atom is -0.368 e. The summed E-state index contributed by atoms with van der Waals surface area (Å²) < 4.78 is 0. The van der Waals surface area contributed by atoms with Gasteiger partial charge in [-0.1, -0.05) is 0 Å². The molecule has 0 aromatic rings. The van der Waals surface area contributed by atoms with Crippen LogP contribution >= 0.6 is 0 Å². The summed E-state index contributed by atoms with van der Waals surface area (Å²) in [5, 5.41) is 8.75. The number of hydrogen-bond donors (Lipinski definition) is 2. The molecule has 0 radical (unpaired) electrons. The van der Waals surface area contributed by atoms with E-state index in [4.69, 9.17) is 16.7 Å². The molecule has 0 aromatic heterocycles. The zero-order chi connectivity index (χ0) is 12.9. The molecule has 0 saturated heterocycles. The lowest BCUT2D eigenvalue weighted by Crippen LogP contribution is -2.48. The van der Waals surface area contributed by atoms with Crippen LogP contribution in [0.4, 0.5) is 0 Å². The Kier molecular flexibility index (Phi) is 4.44. The largest absolute Gasteiger partial charge is 0.368 e. The second kappa shape index (κ2) is 5.11. The zero-order valence-electron chi connectivity index (χ0n) is 9.19. The summed E-state index contributed by atoms with van der Waals surface area (Å²) in [7, 11) is 0. The van der Waals surface area contributed by atoms with Crippen LogP contribution in [0.25, 0.3) is 0 Å². The minimum atomic E-state index is -1.33.